The number of primary amides is 1. The SMILES string of the molecule is CCCC(=O)c1c(OC)ccc2nc(C)sc12.CCCC(C)CC(C)COC.COc1cc(C(N)=O)c(C)cn1. The second kappa shape index (κ2) is 18.3. The number of carbonyl (C=O) groups excluding carboxylic acids is 2. The van der Waals surface area contributed by atoms with Crippen molar-refractivity contribution in [2.75, 3.05) is 27.9 Å². The number of methoxy groups -OCH3 is 3. The number of ketones is 1. The first-order valence-electron chi connectivity index (χ1n) is 13.8. The summed E-state index contributed by atoms with van der Waals surface area (Å²) in [5, 5.41) is 0.971. The standard InChI is InChI=1S/C13H15NO2S.C10H22O.C8H10N2O2/c1-4-5-10(15)12-11(16-3)7-6-9-13(12)17-8(2)14-9;1-5-6-9(2)7-10(3)8-11-4;1-5-4-10-7(12-2)3-6(5)8(9)11/h6-7H,4-5H2,1-3H3;9-10H,5-8H2,1-4H3;3-4H,1-2H3,(H2,9,11). The van der Waals surface area contributed by atoms with Gasteiger partial charge in [0.1, 0.15) is 5.75 Å². The van der Waals surface area contributed by atoms with Crippen LogP contribution in [0.15, 0.2) is 24.4 Å². The third-order valence-electron chi connectivity index (χ3n) is 6.19. The van der Waals surface area contributed by atoms with E-state index in [0.717, 1.165) is 45.7 Å². The van der Waals surface area contributed by atoms with E-state index in [0.29, 0.717) is 29.2 Å². The molecule has 222 valence electrons. The number of fused-ring (bicyclic) bond motifs is 1. The van der Waals surface area contributed by atoms with E-state index in [1.54, 1.807) is 38.7 Å². The van der Waals surface area contributed by atoms with Gasteiger partial charge in [-0.25, -0.2) is 9.97 Å². The number of amides is 1. The number of hydrogen-bond donors (Lipinski definition) is 1. The molecule has 0 fully saturated rings. The Kier molecular flexibility index (Phi) is 16.0. The highest BCUT2D eigenvalue weighted by Gasteiger charge is 2.18. The second-order valence-electron chi connectivity index (χ2n) is 9.99. The smallest absolute Gasteiger partial charge is 0.249 e. The summed E-state index contributed by atoms with van der Waals surface area (Å²) in [6.07, 6.45) is 6.91. The van der Waals surface area contributed by atoms with Crippen LogP contribution in [0.1, 0.15) is 91.1 Å². The predicted octanol–water partition coefficient (Wildman–Crippen LogP) is 7.19. The molecule has 8 nitrogen and oxygen atoms in total. The van der Waals surface area contributed by atoms with Gasteiger partial charge >= 0.3 is 0 Å². The Hall–Kier alpha value is -3.04. The highest BCUT2D eigenvalue weighted by molar-refractivity contribution is 7.19. The molecule has 0 radical (unpaired) electrons. The first-order chi connectivity index (χ1) is 19.0. The van der Waals surface area contributed by atoms with E-state index in [4.69, 9.17) is 19.9 Å². The summed E-state index contributed by atoms with van der Waals surface area (Å²) >= 11 is 1.55. The van der Waals surface area contributed by atoms with E-state index in [9.17, 15) is 9.59 Å². The molecular formula is C31H47N3O5S. The summed E-state index contributed by atoms with van der Waals surface area (Å²) in [6, 6.07) is 5.25. The number of aromatic nitrogens is 2. The Balaban J connectivity index is 0.000000311. The number of pyridine rings is 1. The van der Waals surface area contributed by atoms with Gasteiger partial charge in [-0.1, -0.05) is 40.5 Å². The third kappa shape index (κ3) is 11.2. The first kappa shape index (κ1) is 35.0. The Morgan fingerprint density at radius 1 is 1.02 bits per heavy atom. The van der Waals surface area contributed by atoms with Gasteiger partial charge in [0, 0.05) is 38.0 Å². The fourth-order valence-corrected chi connectivity index (χ4v) is 5.38. The predicted molar refractivity (Wildman–Crippen MR) is 164 cm³/mol. The Morgan fingerprint density at radius 3 is 2.27 bits per heavy atom. The van der Waals surface area contributed by atoms with Gasteiger partial charge in [0.15, 0.2) is 5.78 Å². The molecule has 0 spiro atoms. The molecule has 1 amide bonds. The van der Waals surface area contributed by atoms with Crippen LogP contribution in [0.5, 0.6) is 11.6 Å². The van der Waals surface area contributed by atoms with Crippen LogP contribution in [-0.4, -0.2) is 49.6 Å². The zero-order valence-corrected chi connectivity index (χ0v) is 26.4. The minimum atomic E-state index is -0.465. The van der Waals surface area contributed by atoms with Crippen molar-refractivity contribution in [2.45, 2.75) is 73.6 Å². The molecule has 0 aliphatic carbocycles. The van der Waals surface area contributed by atoms with E-state index in [1.165, 1.54) is 32.4 Å². The highest BCUT2D eigenvalue weighted by atomic mass is 32.1. The van der Waals surface area contributed by atoms with Gasteiger partial charge < -0.3 is 19.9 Å². The number of nitrogens with two attached hydrogens (primary N) is 1. The van der Waals surface area contributed by atoms with Gasteiger partial charge in [-0.05, 0) is 56.2 Å². The van der Waals surface area contributed by atoms with Crippen molar-refractivity contribution in [3.8, 4) is 11.6 Å². The Labute approximate surface area is 243 Å². The minimum Gasteiger partial charge on any atom is -0.496 e. The second-order valence-corrected chi connectivity index (χ2v) is 11.2. The molecule has 2 unspecified atom stereocenters. The summed E-state index contributed by atoms with van der Waals surface area (Å²) in [7, 11) is 4.86. The van der Waals surface area contributed by atoms with Crippen molar-refractivity contribution in [3.05, 3.63) is 46.1 Å². The van der Waals surface area contributed by atoms with Crippen molar-refractivity contribution in [3.63, 3.8) is 0 Å². The number of carbonyl (C=O) groups is 2. The van der Waals surface area contributed by atoms with Gasteiger partial charge in [-0.2, -0.15) is 0 Å². The van der Waals surface area contributed by atoms with Crippen LogP contribution in [0.3, 0.4) is 0 Å². The molecule has 0 saturated carbocycles. The molecule has 0 bridgehead atoms. The van der Waals surface area contributed by atoms with E-state index in [1.807, 2.05) is 26.0 Å². The maximum Gasteiger partial charge on any atom is 0.249 e. The van der Waals surface area contributed by atoms with Crippen molar-refractivity contribution < 1.29 is 23.8 Å². The Morgan fingerprint density at radius 2 is 1.73 bits per heavy atom. The van der Waals surface area contributed by atoms with Crippen LogP contribution in [0.25, 0.3) is 10.2 Å². The molecule has 3 rings (SSSR count). The topological polar surface area (TPSA) is 114 Å². The lowest BCUT2D eigenvalue weighted by Crippen LogP contribution is -2.13. The molecule has 0 saturated heterocycles. The minimum absolute atomic E-state index is 0.138. The molecule has 1 aromatic carbocycles. The summed E-state index contributed by atoms with van der Waals surface area (Å²) in [5.74, 6) is 2.31. The molecule has 0 aliphatic rings. The molecule has 2 aromatic heterocycles. The van der Waals surface area contributed by atoms with Crippen molar-refractivity contribution >= 4 is 33.2 Å². The number of benzene rings is 1. The van der Waals surface area contributed by atoms with Gasteiger partial charge in [-0.3, -0.25) is 9.59 Å². The summed E-state index contributed by atoms with van der Waals surface area (Å²) in [6.45, 7) is 13.5. The maximum absolute atomic E-state index is 12.1. The van der Waals surface area contributed by atoms with Crippen LogP contribution >= 0.6 is 11.3 Å². The van der Waals surface area contributed by atoms with Crippen LogP contribution < -0.4 is 15.2 Å². The third-order valence-corrected chi connectivity index (χ3v) is 7.20. The number of rotatable bonds is 12. The zero-order chi connectivity index (χ0) is 30.2. The quantitative estimate of drug-likeness (QED) is 0.228. The average molecular weight is 574 g/mol. The monoisotopic (exact) mass is 573 g/mol. The summed E-state index contributed by atoms with van der Waals surface area (Å²) < 4.78 is 16.2. The van der Waals surface area contributed by atoms with E-state index in [-0.39, 0.29) is 5.78 Å². The van der Waals surface area contributed by atoms with Crippen LogP contribution in [0, 0.1) is 25.7 Å². The van der Waals surface area contributed by atoms with Crippen LogP contribution in [-0.2, 0) is 4.74 Å². The summed E-state index contributed by atoms with van der Waals surface area (Å²) in [5.41, 5.74) is 7.89. The van der Waals surface area contributed by atoms with Crippen LogP contribution in [0.2, 0.25) is 0 Å². The summed E-state index contributed by atoms with van der Waals surface area (Å²) in [4.78, 5) is 31.3. The number of hydrogen-bond acceptors (Lipinski definition) is 8. The number of nitrogens with zero attached hydrogens (tertiary/aromatic N) is 2. The molecular weight excluding hydrogens is 526 g/mol. The van der Waals surface area contributed by atoms with Crippen molar-refractivity contribution in [2.24, 2.45) is 17.6 Å². The molecule has 2 N–H and O–H groups in total. The number of thiazole rings is 1. The molecule has 2 atom stereocenters. The molecule has 0 aliphatic heterocycles. The zero-order valence-electron chi connectivity index (χ0n) is 25.6. The van der Waals surface area contributed by atoms with E-state index in [2.05, 4.69) is 30.7 Å². The lowest BCUT2D eigenvalue weighted by atomic mass is 9.94. The lowest BCUT2D eigenvalue weighted by Gasteiger charge is -2.15. The number of ether oxygens (including phenoxy) is 3. The molecule has 3 aromatic rings. The normalized spacial score (nSPS) is 11.9. The van der Waals surface area contributed by atoms with Gasteiger partial charge in [0.05, 0.1) is 35.0 Å². The van der Waals surface area contributed by atoms with Gasteiger partial charge in [0.2, 0.25) is 11.8 Å². The average Bonchev–Trinajstić information content (AvgIpc) is 3.29. The molecule has 9 heteroatoms. The number of Topliss-reactive ketones (excluding diaryl/α,β-unsaturated/α-hetero) is 1. The van der Waals surface area contributed by atoms with Gasteiger partial charge in [0.25, 0.3) is 0 Å². The molecule has 2 heterocycles. The fourth-order valence-electron chi connectivity index (χ4n) is 4.40. The molecule has 40 heavy (non-hydrogen) atoms. The van der Waals surface area contributed by atoms with Crippen molar-refractivity contribution in [1.29, 1.82) is 0 Å². The lowest BCUT2D eigenvalue weighted by molar-refractivity contribution is 0.0977. The van der Waals surface area contributed by atoms with Crippen molar-refractivity contribution in [1.82, 2.24) is 9.97 Å². The Bertz CT molecular complexity index is 1200. The largest absolute Gasteiger partial charge is 0.496 e. The fraction of sp³-hybridized carbons (Fsp3) is 0.548. The van der Waals surface area contributed by atoms with Crippen LogP contribution in [0.4, 0.5) is 0 Å². The highest BCUT2D eigenvalue weighted by Crippen LogP contribution is 2.33. The first-order valence-corrected chi connectivity index (χ1v) is 14.6. The number of aryl methyl sites for hydroxylation is 2. The maximum atomic E-state index is 12.1. The van der Waals surface area contributed by atoms with E-state index >= 15 is 0 Å². The van der Waals surface area contributed by atoms with Gasteiger partial charge in [-0.15, -0.1) is 11.3 Å². The van der Waals surface area contributed by atoms with E-state index < -0.39 is 5.91 Å².